The fraction of sp³-hybridized carbons (Fsp3) is 0.933. The van der Waals surface area contributed by atoms with Crippen molar-refractivity contribution < 1.29 is 4.79 Å². The summed E-state index contributed by atoms with van der Waals surface area (Å²) >= 11 is 0. The molecule has 2 aliphatic rings. The Bertz CT molecular complexity index is 246. The van der Waals surface area contributed by atoms with Crippen molar-refractivity contribution in [2.75, 3.05) is 0 Å². The predicted molar refractivity (Wildman–Crippen MR) is 71.0 cm³/mol. The number of hydrogen-bond donors (Lipinski definition) is 1. The number of rotatable bonds is 5. The van der Waals surface area contributed by atoms with Crippen molar-refractivity contribution in [2.45, 2.75) is 77.3 Å². The third-order valence-corrected chi connectivity index (χ3v) is 4.90. The fourth-order valence-corrected chi connectivity index (χ4v) is 3.57. The first-order valence-electron chi connectivity index (χ1n) is 7.53. The van der Waals surface area contributed by atoms with E-state index in [-0.39, 0.29) is 6.04 Å². The molecule has 0 bridgehead atoms. The first-order valence-corrected chi connectivity index (χ1v) is 7.53. The van der Waals surface area contributed by atoms with E-state index in [0.717, 1.165) is 31.6 Å². The Labute approximate surface area is 106 Å². The molecule has 1 aliphatic heterocycles. The zero-order valence-electron chi connectivity index (χ0n) is 11.4. The van der Waals surface area contributed by atoms with E-state index in [0.29, 0.717) is 17.7 Å². The van der Waals surface area contributed by atoms with Gasteiger partial charge in [0.2, 0.25) is 0 Å². The molecule has 3 unspecified atom stereocenters. The molecule has 98 valence electrons. The van der Waals surface area contributed by atoms with Crippen LogP contribution < -0.4 is 5.32 Å². The summed E-state index contributed by atoms with van der Waals surface area (Å²) < 4.78 is 0. The van der Waals surface area contributed by atoms with Crippen LogP contribution in [0.2, 0.25) is 0 Å². The molecule has 0 amide bonds. The maximum atomic E-state index is 12.3. The average Bonchev–Trinajstić information content (AvgIpc) is 2.79. The summed E-state index contributed by atoms with van der Waals surface area (Å²) in [6.07, 6.45) is 9.54. The molecule has 0 spiro atoms. The standard InChI is InChI=1S/C15H27NO/c1-3-11(4-2)9-15(17)14-10-12-7-5-6-8-13(12)16-14/h11-14,16H,3-10H2,1-2H3. The van der Waals surface area contributed by atoms with Crippen LogP contribution in [0.1, 0.15) is 65.2 Å². The Morgan fingerprint density at radius 1 is 1.24 bits per heavy atom. The number of carbonyl (C=O) groups is 1. The van der Waals surface area contributed by atoms with Gasteiger partial charge in [-0.1, -0.05) is 39.5 Å². The van der Waals surface area contributed by atoms with Gasteiger partial charge in [-0.05, 0) is 31.1 Å². The molecule has 1 saturated carbocycles. The number of nitrogens with one attached hydrogen (secondary N) is 1. The largest absolute Gasteiger partial charge is 0.304 e. The van der Waals surface area contributed by atoms with E-state index in [2.05, 4.69) is 19.2 Å². The molecule has 0 aromatic carbocycles. The smallest absolute Gasteiger partial charge is 0.150 e. The molecule has 0 aromatic rings. The lowest BCUT2D eigenvalue weighted by Gasteiger charge is -2.24. The van der Waals surface area contributed by atoms with E-state index in [4.69, 9.17) is 0 Å². The van der Waals surface area contributed by atoms with Crippen LogP contribution in [0.25, 0.3) is 0 Å². The topological polar surface area (TPSA) is 29.1 Å². The molecule has 1 aliphatic carbocycles. The van der Waals surface area contributed by atoms with Gasteiger partial charge in [-0.3, -0.25) is 4.79 Å². The van der Waals surface area contributed by atoms with E-state index < -0.39 is 0 Å². The first-order chi connectivity index (χ1) is 8.24. The Balaban J connectivity index is 1.84. The van der Waals surface area contributed by atoms with Crippen LogP contribution in [0, 0.1) is 11.8 Å². The minimum absolute atomic E-state index is 0.184. The molecule has 2 rings (SSSR count). The zero-order valence-corrected chi connectivity index (χ0v) is 11.4. The molecule has 2 nitrogen and oxygen atoms in total. The molecule has 1 N–H and O–H groups in total. The fourth-order valence-electron chi connectivity index (χ4n) is 3.57. The summed E-state index contributed by atoms with van der Waals surface area (Å²) in [5.74, 6) is 1.87. The highest BCUT2D eigenvalue weighted by atomic mass is 16.1. The normalized spacial score (nSPS) is 32.8. The van der Waals surface area contributed by atoms with Crippen LogP contribution in [0.15, 0.2) is 0 Å². The van der Waals surface area contributed by atoms with Crippen molar-refractivity contribution in [3.63, 3.8) is 0 Å². The summed E-state index contributed by atoms with van der Waals surface area (Å²) in [7, 11) is 0. The number of carbonyl (C=O) groups excluding carboxylic acids is 1. The molecular weight excluding hydrogens is 210 g/mol. The summed E-state index contributed by atoms with van der Waals surface area (Å²) in [4.78, 5) is 12.3. The Morgan fingerprint density at radius 3 is 2.59 bits per heavy atom. The van der Waals surface area contributed by atoms with Gasteiger partial charge in [-0.2, -0.15) is 0 Å². The Hall–Kier alpha value is -0.370. The van der Waals surface area contributed by atoms with Gasteiger partial charge < -0.3 is 5.32 Å². The summed E-state index contributed by atoms with van der Waals surface area (Å²) in [6.45, 7) is 4.40. The number of ketones is 1. The lowest BCUT2D eigenvalue weighted by molar-refractivity contribution is -0.121. The lowest BCUT2D eigenvalue weighted by Crippen LogP contribution is -2.37. The van der Waals surface area contributed by atoms with Gasteiger partial charge in [0.25, 0.3) is 0 Å². The summed E-state index contributed by atoms with van der Waals surface area (Å²) in [6, 6.07) is 0.836. The van der Waals surface area contributed by atoms with Gasteiger partial charge in [0.05, 0.1) is 6.04 Å². The molecular formula is C15H27NO. The summed E-state index contributed by atoms with van der Waals surface area (Å²) in [5.41, 5.74) is 0. The van der Waals surface area contributed by atoms with Gasteiger partial charge in [-0.15, -0.1) is 0 Å². The minimum Gasteiger partial charge on any atom is -0.304 e. The van der Waals surface area contributed by atoms with E-state index in [1.807, 2.05) is 0 Å². The van der Waals surface area contributed by atoms with Gasteiger partial charge >= 0.3 is 0 Å². The van der Waals surface area contributed by atoms with Crippen molar-refractivity contribution in [1.82, 2.24) is 5.32 Å². The first kappa shape index (κ1) is 13.1. The highest BCUT2D eigenvalue weighted by molar-refractivity contribution is 5.84. The second-order valence-electron chi connectivity index (χ2n) is 5.96. The van der Waals surface area contributed by atoms with Gasteiger partial charge in [-0.25, -0.2) is 0 Å². The van der Waals surface area contributed by atoms with Crippen LogP contribution in [-0.4, -0.2) is 17.9 Å². The van der Waals surface area contributed by atoms with Crippen LogP contribution in [-0.2, 0) is 4.79 Å². The van der Waals surface area contributed by atoms with Crippen molar-refractivity contribution in [3.8, 4) is 0 Å². The maximum Gasteiger partial charge on any atom is 0.150 e. The van der Waals surface area contributed by atoms with Crippen LogP contribution in [0.5, 0.6) is 0 Å². The lowest BCUT2D eigenvalue weighted by atomic mass is 9.84. The summed E-state index contributed by atoms with van der Waals surface area (Å²) in [5, 5.41) is 3.60. The van der Waals surface area contributed by atoms with Gasteiger partial charge in [0.15, 0.2) is 0 Å². The highest BCUT2D eigenvalue weighted by Gasteiger charge is 2.38. The number of fused-ring (bicyclic) bond motifs is 1. The molecule has 1 heterocycles. The highest BCUT2D eigenvalue weighted by Crippen LogP contribution is 2.34. The van der Waals surface area contributed by atoms with Gasteiger partial charge in [0, 0.05) is 12.5 Å². The third kappa shape index (κ3) is 3.09. The SMILES string of the molecule is CCC(CC)CC(=O)C1CC2CCCCC2N1. The molecule has 0 radical (unpaired) electrons. The van der Waals surface area contributed by atoms with Crippen molar-refractivity contribution >= 4 is 5.78 Å². The van der Waals surface area contributed by atoms with Crippen LogP contribution in [0.3, 0.4) is 0 Å². The monoisotopic (exact) mass is 237 g/mol. The van der Waals surface area contributed by atoms with Crippen molar-refractivity contribution in [3.05, 3.63) is 0 Å². The molecule has 2 heteroatoms. The van der Waals surface area contributed by atoms with Gasteiger partial charge in [0.1, 0.15) is 5.78 Å². The number of hydrogen-bond acceptors (Lipinski definition) is 2. The second-order valence-corrected chi connectivity index (χ2v) is 5.96. The third-order valence-electron chi connectivity index (χ3n) is 4.90. The molecule has 17 heavy (non-hydrogen) atoms. The van der Waals surface area contributed by atoms with E-state index in [1.54, 1.807) is 0 Å². The average molecular weight is 237 g/mol. The quantitative estimate of drug-likeness (QED) is 0.795. The Morgan fingerprint density at radius 2 is 1.94 bits per heavy atom. The molecule has 3 atom stereocenters. The second kappa shape index (κ2) is 5.99. The molecule has 2 fully saturated rings. The number of Topliss-reactive ketones (excluding diaryl/α,β-unsaturated/α-hetero) is 1. The molecule has 1 saturated heterocycles. The van der Waals surface area contributed by atoms with Crippen LogP contribution in [0.4, 0.5) is 0 Å². The maximum absolute atomic E-state index is 12.3. The molecule has 0 aromatic heterocycles. The van der Waals surface area contributed by atoms with Crippen LogP contribution >= 0.6 is 0 Å². The van der Waals surface area contributed by atoms with E-state index >= 15 is 0 Å². The van der Waals surface area contributed by atoms with E-state index in [1.165, 1.54) is 25.7 Å². The predicted octanol–water partition coefficient (Wildman–Crippen LogP) is 3.30. The van der Waals surface area contributed by atoms with Crippen molar-refractivity contribution in [1.29, 1.82) is 0 Å². The van der Waals surface area contributed by atoms with E-state index in [9.17, 15) is 4.79 Å². The van der Waals surface area contributed by atoms with Crippen molar-refractivity contribution in [2.24, 2.45) is 11.8 Å². The minimum atomic E-state index is 0.184. The zero-order chi connectivity index (χ0) is 12.3. The Kier molecular flexibility index (Phi) is 4.61.